The maximum atomic E-state index is 2.48. The van der Waals surface area contributed by atoms with Crippen molar-refractivity contribution in [1.29, 1.82) is 0 Å². The van der Waals surface area contributed by atoms with Gasteiger partial charge in [-0.1, -0.05) is 206 Å². The molecule has 0 bridgehead atoms. The highest BCUT2D eigenvalue weighted by atomic mass is 15.1. The molecule has 0 atom stereocenters. The van der Waals surface area contributed by atoms with Crippen LogP contribution in [0.25, 0.3) is 93.5 Å². The second kappa shape index (κ2) is 15.4. The van der Waals surface area contributed by atoms with E-state index in [1.807, 2.05) is 0 Å². The second-order valence-electron chi connectivity index (χ2n) is 19.2. The van der Waals surface area contributed by atoms with E-state index in [0.29, 0.717) is 0 Å². The molecule has 330 valence electrons. The molecular weight excluding hydrogens is 857 g/mol. The number of nitrogens with zero attached hydrogens (tertiary/aromatic N) is 2. The van der Waals surface area contributed by atoms with E-state index >= 15 is 0 Å². The van der Waals surface area contributed by atoms with E-state index in [1.54, 1.807) is 0 Å². The molecule has 0 fully saturated rings. The SMILES string of the molecule is c1ccc(-c2ccc(N(c3ccc(-c4ccc(-n5c6ccc7ccccc7c6c6c7ccccc7ccc65)cc4)cc3)c3ccc4c(c3)C3(c5ccccc5-c5ccccc53)c3ccccc3-4)cc2)cc1. The van der Waals surface area contributed by atoms with Gasteiger partial charge in [-0.15, -0.1) is 0 Å². The highest BCUT2D eigenvalue weighted by molar-refractivity contribution is 6.28. The van der Waals surface area contributed by atoms with E-state index < -0.39 is 5.41 Å². The summed E-state index contributed by atoms with van der Waals surface area (Å²) in [5.41, 5.74) is 21.8. The molecule has 0 saturated carbocycles. The van der Waals surface area contributed by atoms with Crippen molar-refractivity contribution in [3.8, 4) is 50.2 Å². The molecule has 0 unspecified atom stereocenters. The summed E-state index contributed by atoms with van der Waals surface area (Å²) < 4.78 is 2.44. The smallest absolute Gasteiger partial charge is 0.0726 e. The van der Waals surface area contributed by atoms with Crippen LogP contribution in [0.3, 0.4) is 0 Å². The van der Waals surface area contributed by atoms with Gasteiger partial charge in [0.15, 0.2) is 0 Å². The molecule has 71 heavy (non-hydrogen) atoms. The zero-order valence-electron chi connectivity index (χ0n) is 38.8. The van der Waals surface area contributed by atoms with Crippen molar-refractivity contribution in [2.75, 3.05) is 4.90 Å². The molecule has 0 saturated heterocycles. The normalized spacial score (nSPS) is 12.9. The molecular formula is C69H44N2. The fourth-order valence-electron chi connectivity index (χ4n) is 12.5. The molecule has 0 radical (unpaired) electrons. The fraction of sp³-hybridized carbons (Fsp3) is 0.0145. The molecule has 15 rings (SSSR count). The zero-order valence-corrected chi connectivity index (χ0v) is 38.8. The quantitative estimate of drug-likeness (QED) is 0.161. The van der Waals surface area contributed by atoms with Gasteiger partial charge in [0.1, 0.15) is 0 Å². The van der Waals surface area contributed by atoms with Gasteiger partial charge < -0.3 is 9.47 Å². The third-order valence-electron chi connectivity index (χ3n) is 15.6. The summed E-state index contributed by atoms with van der Waals surface area (Å²) in [6, 6.07) is 98.9. The molecule has 2 aliphatic carbocycles. The van der Waals surface area contributed by atoms with Gasteiger partial charge >= 0.3 is 0 Å². The van der Waals surface area contributed by atoms with E-state index in [-0.39, 0.29) is 0 Å². The molecule has 0 aliphatic heterocycles. The molecule has 2 heteroatoms. The molecule has 1 spiro atoms. The van der Waals surface area contributed by atoms with Gasteiger partial charge in [0.2, 0.25) is 0 Å². The van der Waals surface area contributed by atoms with Crippen LogP contribution in [0.4, 0.5) is 17.1 Å². The van der Waals surface area contributed by atoms with Crippen LogP contribution in [0.5, 0.6) is 0 Å². The average Bonchev–Trinajstić information content (AvgIpc) is 4.06. The van der Waals surface area contributed by atoms with Crippen molar-refractivity contribution in [2.45, 2.75) is 5.41 Å². The Morgan fingerprint density at radius 1 is 0.282 bits per heavy atom. The summed E-state index contributed by atoms with van der Waals surface area (Å²) >= 11 is 0. The molecule has 0 amide bonds. The van der Waals surface area contributed by atoms with Gasteiger partial charge in [-0.2, -0.15) is 0 Å². The first kappa shape index (κ1) is 39.7. The van der Waals surface area contributed by atoms with Crippen LogP contribution in [-0.4, -0.2) is 4.57 Å². The van der Waals surface area contributed by atoms with E-state index in [9.17, 15) is 0 Å². The van der Waals surface area contributed by atoms with Crippen molar-refractivity contribution < 1.29 is 0 Å². The Kier molecular flexibility index (Phi) is 8.61. The summed E-state index contributed by atoms with van der Waals surface area (Å²) in [5.74, 6) is 0. The summed E-state index contributed by atoms with van der Waals surface area (Å²) in [6.07, 6.45) is 0. The van der Waals surface area contributed by atoms with Crippen LogP contribution in [0.2, 0.25) is 0 Å². The van der Waals surface area contributed by atoms with Crippen LogP contribution < -0.4 is 4.90 Å². The molecule has 1 aromatic heterocycles. The highest BCUT2D eigenvalue weighted by Crippen LogP contribution is 2.63. The first-order valence-electron chi connectivity index (χ1n) is 24.7. The number of benzene rings is 12. The van der Waals surface area contributed by atoms with E-state index in [2.05, 4.69) is 276 Å². The van der Waals surface area contributed by atoms with Crippen LogP contribution in [0.15, 0.2) is 267 Å². The van der Waals surface area contributed by atoms with Gasteiger partial charge in [-0.05, 0) is 149 Å². The van der Waals surface area contributed by atoms with Crippen LogP contribution >= 0.6 is 0 Å². The van der Waals surface area contributed by atoms with Crippen molar-refractivity contribution in [3.05, 3.63) is 289 Å². The summed E-state index contributed by atoms with van der Waals surface area (Å²) in [6.45, 7) is 0. The lowest BCUT2D eigenvalue weighted by molar-refractivity contribution is 0.793. The van der Waals surface area contributed by atoms with Crippen LogP contribution in [-0.2, 0) is 5.41 Å². The number of hydrogen-bond donors (Lipinski definition) is 0. The Bertz CT molecular complexity index is 4100. The van der Waals surface area contributed by atoms with Gasteiger partial charge in [-0.3, -0.25) is 0 Å². The molecule has 0 N–H and O–H groups in total. The lowest BCUT2D eigenvalue weighted by atomic mass is 9.70. The van der Waals surface area contributed by atoms with Crippen molar-refractivity contribution in [2.24, 2.45) is 0 Å². The lowest BCUT2D eigenvalue weighted by Crippen LogP contribution is -2.26. The minimum atomic E-state index is -0.436. The Morgan fingerprint density at radius 3 is 1.18 bits per heavy atom. The predicted molar refractivity (Wildman–Crippen MR) is 298 cm³/mol. The topological polar surface area (TPSA) is 8.17 Å². The first-order valence-corrected chi connectivity index (χ1v) is 24.7. The van der Waals surface area contributed by atoms with E-state index in [1.165, 1.54) is 110 Å². The molecule has 12 aromatic carbocycles. The number of anilines is 3. The minimum Gasteiger partial charge on any atom is -0.310 e. The number of aromatic nitrogens is 1. The monoisotopic (exact) mass is 900 g/mol. The molecule has 2 nitrogen and oxygen atoms in total. The van der Waals surface area contributed by atoms with Crippen LogP contribution in [0, 0.1) is 0 Å². The third-order valence-corrected chi connectivity index (χ3v) is 15.6. The molecule has 1 heterocycles. The second-order valence-corrected chi connectivity index (χ2v) is 19.2. The van der Waals surface area contributed by atoms with Gasteiger partial charge in [0, 0.05) is 33.5 Å². The largest absolute Gasteiger partial charge is 0.310 e. The van der Waals surface area contributed by atoms with Crippen molar-refractivity contribution in [1.82, 2.24) is 4.57 Å². The number of rotatable bonds is 6. The lowest BCUT2D eigenvalue weighted by Gasteiger charge is -2.32. The number of hydrogen-bond acceptors (Lipinski definition) is 1. The Labute approximate surface area is 412 Å². The Balaban J connectivity index is 0.853. The van der Waals surface area contributed by atoms with Crippen molar-refractivity contribution in [3.63, 3.8) is 0 Å². The van der Waals surface area contributed by atoms with Gasteiger partial charge in [0.25, 0.3) is 0 Å². The van der Waals surface area contributed by atoms with E-state index in [0.717, 1.165) is 22.7 Å². The van der Waals surface area contributed by atoms with E-state index in [4.69, 9.17) is 0 Å². The summed E-state index contributed by atoms with van der Waals surface area (Å²) in [5, 5.41) is 7.67. The Morgan fingerprint density at radius 2 is 0.676 bits per heavy atom. The standard InChI is InChI=1S/C69H44N2/c1-2-14-45(15-3-1)46-26-34-51(35-27-46)70(54-40-41-60-59-22-10-13-25-63(59)69(64(60)44-54)61-23-11-8-20-57(61)58-21-9-12-24-62(58)69)52-36-28-47(29-37-52)48-30-38-53(39-31-48)71-65-42-32-49-16-4-6-18-55(49)67(65)68-56-19-7-5-17-50(56)33-43-66(68)71/h1-44H. The van der Waals surface area contributed by atoms with Gasteiger partial charge in [0.05, 0.1) is 16.4 Å². The first-order chi connectivity index (χ1) is 35.2. The maximum absolute atomic E-state index is 2.48. The fourth-order valence-corrected chi connectivity index (χ4v) is 12.5. The van der Waals surface area contributed by atoms with Gasteiger partial charge in [-0.25, -0.2) is 0 Å². The minimum absolute atomic E-state index is 0.436. The average molecular weight is 901 g/mol. The van der Waals surface area contributed by atoms with Crippen molar-refractivity contribution >= 4 is 60.4 Å². The molecule has 13 aromatic rings. The summed E-state index contributed by atoms with van der Waals surface area (Å²) in [7, 11) is 0. The van der Waals surface area contributed by atoms with Crippen LogP contribution in [0.1, 0.15) is 22.3 Å². The Hall–Kier alpha value is -9.24. The maximum Gasteiger partial charge on any atom is 0.0726 e. The summed E-state index contributed by atoms with van der Waals surface area (Å²) in [4.78, 5) is 2.43. The predicted octanol–water partition coefficient (Wildman–Crippen LogP) is 18.2. The molecule has 2 aliphatic rings. The third kappa shape index (κ3) is 5.77. The number of fused-ring (bicyclic) bond motifs is 17. The zero-order chi connectivity index (χ0) is 46.6. The highest BCUT2D eigenvalue weighted by Gasteiger charge is 2.51.